The Bertz CT molecular complexity index is 355. The van der Waals surface area contributed by atoms with E-state index >= 15 is 0 Å². The molecule has 2 heterocycles. The molecule has 2 rings (SSSR count). The Balaban J connectivity index is 1.82. The zero-order chi connectivity index (χ0) is 12.1. The molecule has 0 amide bonds. The largest absolute Gasteiger partial charge is 0.379 e. The first-order valence-electron chi connectivity index (χ1n) is 5.93. The zero-order valence-electron chi connectivity index (χ0n) is 10.0. The lowest BCUT2D eigenvalue weighted by molar-refractivity contribution is 0.0368. The van der Waals surface area contributed by atoms with Crippen LogP contribution in [0.5, 0.6) is 0 Å². The summed E-state index contributed by atoms with van der Waals surface area (Å²) in [6, 6.07) is 5.96. The molecule has 1 aliphatic rings. The summed E-state index contributed by atoms with van der Waals surface area (Å²) >= 11 is 5.84. The first-order chi connectivity index (χ1) is 8.24. The van der Waals surface area contributed by atoms with Gasteiger partial charge in [0, 0.05) is 25.7 Å². The lowest BCUT2D eigenvalue weighted by Gasteiger charge is -2.29. The van der Waals surface area contributed by atoms with Gasteiger partial charge < -0.3 is 10.1 Å². The fourth-order valence-electron chi connectivity index (χ4n) is 1.96. The normalized spacial score (nSPS) is 18.9. The summed E-state index contributed by atoms with van der Waals surface area (Å²) in [5, 5.41) is 3.87. The van der Waals surface area contributed by atoms with Crippen molar-refractivity contribution >= 4 is 17.4 Å². The number of nitrogens with zero attached hydrogens (tertiary/aromatic N) is 2. The topological polar surface area (TPSA) is 37.4 Å². The first-order valence-corrected chi connectivity index (χ1v) is 6.31. The van der Waals surface area contributed by atoms with Gasteiger partial charge in [0.2, 0.25) is 0 Å². The van der Waals surface area contributed by atoms with Crippen LogP contribution in [0.25, 0.3) is 0 Å². The van der Waals surface area contributed by atoms with E-state index in [0.717, 1.165) is 38.7 Å². The minimum atomic E-state index is 0.346. The second-order valence-corrected chi connectivity index (χ2v) is 4.69. The van der Waals surface area contributed by atoms with Crippen LogP contribution in [0.1, 0.15) is 6.92 Å². The van der Waals surface area contributed by atoms with Gasteiger partial charge in [-0.05, 0) is 19.1 Å². The van der Waals surface area contributed by atoms with Crippen molar-refractivity contribution in [2.24, 2.45) is 0 Å². The summed E-state index contributed by atoms with van der Waals surface area (Å²) < 4.78 is 5.32. The minimum absolute atomic E-state index is 0.346. The third-order valence-electron chi connectivity index (χ3n) is 2.75. The number of ether oxygens (including phenoxy) is 1. The van der Waals surface area contributed by atoms with Gasteiger partial charge >= 0.3 is 0 Å². The quantitative estimate of drug-likeness (QED) is 0.834. The highest BCUT2D eigenvalue weighted by Crippen LogP contribution is 2.10. The second-order valence-electron chi connectivity index (χ2n) is 4.30. The maximum absolute atomic E-state index is 5.84. The number of rotatable bonds is 4. The van der Waals surface area contributed by atoms with Crippen molar-refractivity contribution in [3.8, 4) is 0 Å². The molecule has 0 spiro atoms. The molecule has 0 radical (unpaired) electrons. The van der Waals surface area contributed by atoms with Gasteiger partial charge in [0.1, 0.15) is 11.0 Å². The molecule has 0 aromatic carbocycles. The fourth-order valence-corrected chi connectivity index (χ4v) is 2.12. The van der Waals surface area contributed by atoms with Crippen LogP contribution in [0.2, 0.25) is 5.15 Å². The van der Waals surface area contributed by atoms with Crippen molar-refractivity contribution in [3.63, 3.8) is 0 Å². The number of halogens is 1. The van der Waals surface area contributed by atoms with Crippen LogP contribution >= 0.6 is 11.6 Å². The van der Waals surface area contributed by atoms with Crippen molar-refractivity contribution in [3.05, 3.63) is 23.4 Å². The molecule has 0 bridgehead atoms. The molecule has 1 unspecified atom stereocenters. The summed E-state index contributed by atoms with van der Waals surface area (Å²) in [6.45, 7) is 6.84. The van der Waals surface area contributed by atoms with Crippen LogP contribution in [-0.4, -0.2) is 48.8 Å². The monoisotopic (exact) mass is 255 g/mol. The number of aromatic nitrogens is 1. The summed E-state index contributed by atoms with van der Waals surface area (Å²) in [5.41, 5.74) is 0. The molecule has 94 valence electrons. The summed E-state index contributed by atoms with van der Waals surface area (Å²) in [4.78, 5) is 6.61. The predicted octanol–water partition coefficient (Wildman–Crippen LogP) is 1.87. The Morgan fingerprint density at radius 3 is 2.94 bits per heavy atom. The molecule has 5 heteroatoms. The lowest BCUT2D eigenvalue weighted by atomic mass is 10.3. The van der Waals surface area contributed by atoms with E-state index in [0.29, 0.717) is 11.2 Å². The average molecular weight is 256 g/mol. The maximum Gasteiger partial charge on any atom is 0.131 e. The average Bonchev–Trinajstić information content (AvgIpc) is 2.30. The number of morpholine rings is 1. The van der Waals surface area contributed by atoms with Gasteiger partial charge in [-0.15, -0.1) is 0 Å². The highest BCUT2D eigenvalue weighted by atomic mass is 35.5. The molecular weight excluding hydrogens is 238 g/mol. The molecule has 1 aliphatic heterocycles. The molecular formula is C12H18ClN3O. The van der Waals surface area contributed by atoms with Gasteiger partial charge in [-0.1, -0.05) is 17.7 Å². The number of nitrogens with one attached hydrogen (secondary N) is 1. The maximum atomic E-state index is 5.84. The van der Waals surface area contributed by atoms with E-state index in [1.54, 1.807) is 6.07 Å². The predicted molar refractivity (Wildman–Crippen MR) is 69.6 cm³/mol. The smallest absolute Gasteiger partial charge is 0.131 e. The van der Waals surface area contributed by atoms with E-state index in [2.05, 4.69) is 22.1 Å². The molecule has 17 heavy (non-hydrogen) atoms. The SMILES string of the molecule is CC(CN1CCOCC1)Nc1cccc(Cl)n1. The Morgan fingerprint density at radius 1 is 1.47 bits per heavy atom. The fraction of sp³-hybridized carbons (Fsp3) is 0.583. The highest BCUT2D eigenvalue weighted by molar-refractivity contribution is 6.29. The number of hydrogen-bond donors (Lipinski definition) is 1. The van der Waals surface area contributed by atoms with E-state index < -0.39 is 0 Å². The van der Waals surface area contributed by atoms with Gasteiger partial charge in [0.15, 0.2) is 0 Å². The highest BCUT2D eigenvalue weighted by Gasteiger charge is 2.13. The van der Waals surface area contributed by atoms with Gasteiger partial charge in [-0.25, -0.2) is 4.98 Å². The third kappa shape index (κ3) is 4.15. The Labute approximate surface area is 107 Å². The van der Waals surface area contributed by atoms with Crippen LogP contribution in [0.15, 0.2) is 18.2 Å². The second kappa shape index (κ2) is 6.19. The van der Waals surface area contributed by atoms with Crippen molar-refractivity contribution in [1.82, 2.24) is 9.88 Å². The summed E-state index contributed by atoms with van der Waals surface area (Å²) in [5.74, 6) is 0.832. The van der Waals surface area contributed by atoms with E-state index in [4.69, 9.17) is 16.3 Å². The zero-order valence-corrected chi connectivity index (χ0v) is 10.8. The van der Waals surface area contributed by atoms with Crippen molar-refractivity contribution < 1.29 is 4.74 Å². The molecule has 1 aromatic heterocycles. The van der Waals surface area contributed by atoms with Crippen molar-refractivity contribution in [2.75, 3.05) is 38.2 Å². The Morgan fingerprint density at radius 2 is 2.24 bits per heavy atom. The number of pyridine rings is 1. The molecule has 1 fully saturated rings. The minimum Gasteiger partial charge on any atom is -0.379 e. The first kappa shape index (κ1) is 12.6. The van der Waals surface area contributed by atoms with Gasteiger partial charge in [-0.2, -0.15) is 0 Å². The van der Waals surface area contributed by atoms with Gasteiger partial charge in [0.05, 0.1) is 13.2 Å². The van der Waals surface area contributed by atoms with Gasteiger partial charge in [0.25, 0.3) is 0 Å². The number of anilines is 1. The van der Waals surface area contributed by atoms with E-state index in [1.807, 2.05) is 12.1 Å². The molecule has 1 atom stereocenters. The Kier molecular flexibility index (Phi) is 4.59. The third-order valence-corrected chi connectivity index (χ3v) is 2.96. The molecule has 1 N–H and O–H groups in total. The van der Waals surface area contributed by atoms with E-state index in [1.165, 1.54) is 0 Å². The molecule has 1 saturated heterocycles. The van der Waals surface area contributed by atoms with Crippen LogP contribution in [0.4, 0.5) is 5.82 Å². The standard InChI is InChI=1S/C12H18ClN3O/c1-10(9-16-5-7-17-8-6-16)14-12-4-2-3-11(13)15-12/h2-4,10H,5-9H2,1H3,(H,14,15). The molecule has 0 aliphatic carbocycles. The van der Waals surface area contributed by atoms with Crippen LogP contribution in [-0.2, 0) is 4.74 Å². The molecule has 1 aromatic rings. The van der Waals surface area contributed by atoms with Crippen molar-refractivity contribution in [2.45, 2.75) is 13.0 Å². The lowest BCUT2D eigenvalue weighted by Crippen LogP contribution is -2.42. The van der Waals surface area contributed by atoms with E-state index in [-0.39, 0.29) is 0 Å². The summed E-state index contributed by atoms with van der Waals surface area (Å²) in [7, 11) is 0. The van der Waals surface area contributed by atoms with E-state index in [9.17, 15) is 0 Å². The summed E-state index contributed by atoms with van der Waals surface area (Å²) in [6.07, 6.45) is 0. The van der Waals surface area contributed by atoms with Crippen LogP contribution in [0, 0.1) is 0 Å². The van der Waals surface area contributed by atoms with Gasteiger partial charge in [-0.3, -0.25) is 4.90 Å². The number of hydrogen-bond acceptors (Lipinski definition) is 4. The molecule has 0 saturated carbocycles. The van der Waals surface area contributed by atoms with Crippen LogP contribution in [0.3, 0.4) is 0 Å². The van der Waals surface area contributed by atoms with Crippen molar-refractivity contribution in [1.29, 1.82) is 0 Å². The Hall–Kier alpha value is -0.840. The van der Waals surface area contributed by atoms with Crippen LogP contribution < -0.4 is 5.32 Å². The molecule has 4 nitrogen and oxygen atoms in total.